The monoisotopic (exact) mass is 475 g/mol. The first-order valence-electron chi connectivity index (χ1n) is 11.5. The second-order valence-electron chi connectivity index (χ2n) is 8.46. The van der Waals surface area contributed by atoms with Crippen LogP contribution in [0, 0.1) is 5.41 Å². The minimum Gasteiger partial charge on any atom is -0.384 e. The summed E-state index contributed by atoms with van der Waals surface area (Å²) in [6, 6.07) is 23.0. The van der Waals surface area contributed by atoms with Crippen LogP contribution in [-0.2, 0) is 13.0 Å². The molecule has 5 rings (SSSR count). The van der Waals surface area contributed by atoms with E-state index >= 15 is 0 Å². The maximum absolute atomic E-state index is 11.7. The van der Waals surface area contributed by atoms with Gasteiger partial charge >= 0.3 is 0 Å². The number of nitrogens with two attached hydrogens (primary N) is 2. The Hall–Kier alpha value is -4.98. The Morgan fingerprint density at radius 1 is 0.889 bits per heavy atom. The van der Waals surface area contributed by atoms with E-state index in [1.807, 2.05) is 59.3 Å². The van der Waals surface area contributed by atoms with Crippen LogP contribution in [0.1, 0.15) is 21.5 Å². The number of hydrogen-bond donors (Lipinski definition) is 4. The number of primary amides is 1. The Morgan fingerprint density at radius 3 is 2.31 bits per heavy atom. The van der Waals surface area contributed by atoms with Crippen molar-refractivity contribution in [2.75, 3.05) is 0 Å². The standard InChI is InChI=1S/C28H25N7O/c29-26(30)22-7-3-1-5-20(22)24-15-32-28(34-24)19-11-9-18(10-12-19)13-14-35-16-25(33-17-35)21-6-2-4-8-23(21)27(31)36/h1-12,15-17H,13-14H2,(H3,29,30)(H2,31,36)(H,32,34). The van der Waals surface area contributed by atoms with Gasteiger partial charge in [0.05, 0.1) is 23.9 Å². The third kappa shape index (κ3) is 4.65. The van der Waals surface area contributed by atoms with Gasteiger partial charge in [0.25, 0.3) is 0 Å². The zero-order valence-corrected chi connectivity index (χ0v) is 19.5. The van der Waals surface area contributed by atoms with Crippen molar-refractivity contribution in [3.05, 3.63) is 108 Å². The topological polar surface area (TPSA) is 139 Å². The molecule has 0 unspecified atom stereocenters. The number of aryl methyl sites for hydroxylation is 2. The molecule has 178 valence electrons. The van der Waals surface area contributed by atoms with Crippen molar-refractivity contribution in [1.82, 2.24) is 19.5 Å². The van der Waals surface area contributed by atoms with E-state index in [2.05, 4.69) is 27.1 Å². The summed E-state index contributed by atoms with van der Waals surface area (Å²) >= 11 is 0. The first kappa shape index (κ1) is 22.8. The van der Waals surface area contributed by atoms with Crippen molar-refractivity contribution < 1.29 is 4.79 Å². The molecule has 6 N–H and O–H groups in total. The molecule has 0 radical (unpaired) electrons. The number of benzene rings is 3. The van der Waals surface area contributed by atoms with Gasteiger partial charge in [0.1, 0.15) is 11.7 Å². The van der Waals surface area contributed by atoms with Crippen molar-refractivity contribution in [1.29, 1.82) is 5.41 Å². The van der Waals surface area contributed by atoms with E-state index in [4.69, 9.17) is 16.9 Å². The van der Waals surface area contributed by atoms with Crippen LogP contribution < -0.4 is 11.5 Å². The molecule has 8 heteroatoms. The van der Waals surface area contributed by atoms with Gasteiger partial charge in [0.2, 0.25) is 5.91 Å². The summed E-state index contributed by atoms with van der Waals surface area (Å²) in [4.78, 5) is 24.1. The average molecular weight is 476 g/mol. The largest absolute Gasteiger partial charge is 0.384 e. The Bertz CT molecular complexity index is 1550. The summed E-state index contributed by atoms with van der Waals surface area (Å²) in [7, 11) is 0. The number of aromatic amines is 1. The van der Waals surface area contributed by atoms with Crippen molar-refractivity contribution in [2.24, 2.45) is 11.5 Å². The van der Waals surface area contributed by atoms with Crippen molar-refractivity contribution >= 4 is 11.7 Å². The number of amides is 1. The number of amidine groups is 1. The molecule has 2 heterocycles. The summed E-state index contributed by atoms with van der Waals surface area (Å²) in [5.41, 5.74) is 17.6. The van der Waals surface area contributed by atoms with Crippen molar-refractivity contribution in [3.63, 3.8) is 0 Å². The Labute approximate surface area is 208 Å². The van der Waals surface area contributed by atoms with Gasteiger partial charge in [-0.25, -0.2) is 9.97 Å². The predicted octanol–water partition coefficient (Wildman–Crippen LogP) is 4.23. The molecular formula is C28H25N7O. The minimum absolute atomic E-state index is 0.0215. The van der Waals surface area contributed by atoms with Crippen LogP contribution in [0.25, 0.3) is 33.9 Å². The van der Waals surface area contributed by atoms with Gasteiger partial charge in [0, 0.05) is 40.6 Å². The third-order valence-electron chi connectivity index (χ3n) is 6.07. The van der Waals surface area contributed by atoms with E-state index in [1.54, 1.807) is 24.7 Å². The molecule has 0 aliphatic heterocycles. The highest BCUT2D eigenvalue weighted by atomic mass is 16.1. The molecule has 0 saturated carbocycles. The number of nitrogens with zero attached hydrogens (tertiary/aromatic N) is 3. The van der Waals surface area contributed by atoms with E-state index in [0.29, 0.717) is 11.1 Å². The summed E-state index contributed by atoms with van der Waals surface area (Å²) in [5, 5.41) is 7.81. The zero-order valence-electron chi connectivity index (χ0n) is 19.5. The molecule has 0 fully saturated rings. The lowest BCUT2D eigenvalue weighted by Gasteiger charge is -2.06. The number of H-pyrrole nitrogens is 1. The van der Waals surface area contributed by atoms with Crippen molar-refractivity contribution in [3.8, 4) is 33.9 Å². The maximum Gasteiger partial charge on any atom is 0.249 e. The molecule has 1 amide bonds. The number of carbonyl (C=O) groups is 1. The zero-order chi connectivity index (χ0) is 25.1. The molecule has 8 nitrogen and oxygen atoms in total. The van der Waals surface area contributed by atoms with Crippen LogP contribution in [0.15, 0.2) is 91.5 Å². The minimum atomic E-state index is -0.466. The molecule has 0 aliphatic carbocycles. The molecule has 0 aliphatic rings. The van der Waals surface area contributed by atoms with Gasteiger partial charge in [-0.3, -0.25) is 10.2 Å². The SMILES string of the molecule is N=C(N)c1ccccc1-c1cnc(-c2ccc(CCn3cnc(-c4ccccc4C(N)=O)c3)cc2)[nH]1. The summed E-state index contributed by atoms with van der Waals surface area (Å²) in [6.45, 7) is 0.748. The molecule has 0 bridgehead atoms. The van der Waals surface area contributed by atoms with Crippen LogP contribution in [0.5, 0.6) is 0 Å². The number of aromatic nitrogens is 4. The van der Waals surface area contributed by atoms with E-state index in [1.165, 1.54) is 5.56 Å². The summed E-state index contributed by atoms with van der Waals surface area (Å²) < 4.78 is 2.01. The predicted molar refractivity (Wildman–Crippen MR) is 140 cm³/mol. The fraction of sp³-hybridized carbons (Fsp3) is 0.0714. The van der Waals surface area contributed by atoms with Gasteiger partial charge in [-0.2, -0.15) is 0 Å². The lowest BCUT2D eigenvalue weighted by molar-refractivity contribution is 0.100. The lowest BCUT2D eigenvalue weighted by Crippen LogP contribution is -2.12. The second kappa shape index (κ2) is 9.71. The maximum atomic E-state index is 11.7. The van der Waals surface area contributed by atoms with Crippen LogP contribution in [0.4, 0.5) is 0 Å². The summed E-state index contributed by atoms with van der Waals surface area (Å²) in [5.74, 6) is 0.308. The van der Waals surface area contributed by atoms with Crippen molar-refractivity contribution in [2.45, 2.75) is 13.0 Å². The molecule has 0 saturated heterocycles. The average Bonchev–Trinajstić information content (AvgIpc) is 3.58. The van der Waals surface area contributed by atoms with Crippen LogP contribution in [0.3, 0.4) is 0 Å². The number of nitrogens with one attached hydrogen (secondary N) is 2. The molecule has 5 aromatic rings. The second-order valence-corrected chi connectivity index (χ2v) is 8.46. The molecule has 0 atom stereocenters. The highest BCUT2D eigenvalue weighted by Gasteiger charge is 2.12. The molecular weight excluding hydrogens is 450 g/mol. The van der Waals surface area contributed by atoms with E-state index in [0.717, 1.165) is 46.9 Å². The van der Waals surface area contributed by atoms with Gasteiger partial charge in [-0.15, -0.1) is 0 Å². The fourth-order valence-electron chi connectivity index (χ4n) is 4.19. The Morgan fingerprint density at radius 2 is 1.58 bits per heavy atom. The van der Waals surface area contributed by atoms with E-state index in [-0.39, 0.29) is 5.84 Å². The molecule has 3 aromatic carbocycles. The number of nitrogen functional groups attached to an aromatic ring is 1. The molecule has 2 aromatic heterocycles. The smallest absolute Gasteiger partial charge is 0.249 e. The van der Waals surface area contributed by atoms with Gasteiger partial charge < -0.3 is 21.0 Å². The molecule has 36 heavy (non-hydrogen) atoms. The highest BCUT2D eigenvalue weighted by Crippen LogP contribution is 2.26. The lowest BCUT2D eigenvalue weighted by atomic mass is 10.0. The first-order chi connectivity index (χ1) is 17.5. The van der Waals surface area contributed by atoms with Gasteiger partial charge in [0.15, 0.2) is 0 Å². The normalized spacial score (nSPS) is 10.9. The summed E-state index contributed by atoms with van der Waals surface area (Å²) in [6.07, 6.45) is 6.28. The number of hydrogen-bond acceptors (Lipinski definition) is 4. The van der Waals surface area contributed by atoms with E-state index in [9.17, 15) is 4.79 Å². The van der Waals surface area contributed by atoms with Crippen LogP contribution in [-0.4, -0.2) is 31.3 Å². The fourth-order valence-corrected chi connectivity index (χ4v) is 4.19. The third-order valence-corrected chi connectivity index (χ3v) is 6.07. The number of carbonyl (C=O) groups excluding carboxylic acids is 1. The Kier molecular flexibility index (Phi) is 6.15. The number of imidazole rings is 2. The first-order valence-corrected chi connectivity index (χ1v) is 11.5. The van der Waals surface area contributed by atoms with Gasteiger partial charge in [-0.05, 0) is 18.1 Å². The number of rotatable bonds is 8. The highest BCUT2D eigenvalue weighted by molar-refractivity contribution is 6.01. The quantitative estimate of drug-likeness (QED) is 0.197. The molecule has 0 spiro atoms. The van der Waals surface area contributed by atoms with E-state index < -0.39 is 5.91 Å². The van der Waals surface area contributed by atoms with Gasteiger partial charge in [-0.1, -0.05) is 66.7 Å². The Balaban J connectivity index is 1.27. The van der Waals surface area contributed by atoms with Crippen LogP contribution >= 0.6 is 0 Å². The van der Waals surface area contributed by atoms with Crippen LogP contribution in [0.2, 0.25) is 0 Å².